The van der Waals surface area contributed by atoms with Crippen molar-refractivity contribution in [3.8, 4) is 5.75 Å². The van der Waals surface area contributed by atoms with Gasteiger partial charge in [0, 0.05) is 5.70 Å². The molecule has 5 nitrogen and oxygen atoms in total. The Labute approximate surface area is 152 Å². The maximum Gasteiger partial charge on any atom is 0.255 e. The topological polar surface area (TPSA) is 62.4 Å². The lowest BCUT2D eigenvalue weighted by Crippen LogP contribution is -2.45. The molecule has 6 heteroatoms. The van der Waals surface area contributed by atoms with E-state index >= 15 is 0 Å². The van der Waals surface area contributed by atoms with Crippen molar-refractivity contribution in [2.45, 2.75) is 13.0 Å². The number of para-hydroxylation sites is 2. The molecule has 2 aromatic rings. The highest BCUT2D eigenvalue weighted by molar-refractivity contribution is 7.80. The number of carbonyl (C=O) groups is 1. The number of methoxy groups -OCH3 is 1. The fraction of sp³-hybridized carbons (Fsp3) is 0.158. The van der Waals surface area contributed by atoms with Crippen LogP contribution in [0.15, 0.2) is 65.9 Å². The third-order valence-electron chi connectivity index (χ3n) is 4.00. The maximum absolute atomic E-state index is 13.0. The fourth-order valence-corrected chi connectivity index (χ4v) is 3.10. The van der Waals surface area contributed by atoms with Gasteiger partial charge in [-0.15, -0.1) is 0 Å². The Morgan fingerprint density at radius 1 is 1.12 bits per heavy atom. The zero-order chi connectivity index (χ0) is 17.8. The number of allylic oxidation sites excluding steroid dienone is 1. The Kier molecular flexibility index (Phi) is 5.00. The number of ether oxygens (including phenoxy) is 1. The minimum atomic E-state index is -0.315. The minimum absolute atomic E-state index is 0.210. The molecule has 2 aromatic carbocycles. The molecule has 0 saturated heterocycles. The fourth-order valence-electron chi connectivity index (χ4n) is 2.83. The highest BCUT2D eigenvalue weighted by atomic mass is 32.1. The SMILES string of the molecule is COc1ccccc1NC(=O)C1=C(C)NC(=S)N[C@H]1c1ccccc1. The number of anilines is 1. The summed E-state index contributed by atoms with van der Waals surface area (Å²) in [7, 11) is 1.57. The number of nitrogens with one attached hydrogen (secondary N) is 3. The van der Waals surface area contributed by atoms with E-state index in [1.165, 1.54) is 0 Å². The van der Waals surface area contributed by atoms with Gasteiger partial charge < -0.3 is 20.7 Å². The molecule has 3 N–H and O–H groups in total. The first-order chi connectivity index (χ1) is 12.1. The van der Waals surface area contributed by atoms with E-state index in [1.54, 1.807) is 19.2 Å². The molecule has 3 rings (SSSR count). The van der Waals surface area contributed by atoms with Crippen molar-refractivity contribution in [1.29, 1.82) is 0 Å². The Bertz CT molecular complexity index is 834. The van der Waals surface area contributed by atoms with Gasteiger partial charge in [-0.25, -0.2) is 0 Å². The summed E-state index contributed by atoms with van der Waals surface area (Å²) in [6, 6.07) is 16.7. The lowest BCUT2D eigenvalue weighted by atomic mass is 9.95. The first kappa shape index (κ1) is 17.0. The molecule has 0 aliphatic carbocycles. The number of benzene rings is 2. The lowest BCUT2D eigenvalue weighted by Gasteiger charge is -2.30. The summed E-state index contributed by atoms with van der Waals surface area (Å²) >= 11 is 5.26. The van der Waals surface area contributed by atoms with Crippen molar-refractivity contribution in [3.63, 3.8) is 0 Å². The normalized spacial score (nSPS) is 16.7. The number of hydrogen-bond acceptors (Lipinski definition) is 3. The quantitative estimate of drug-likeness (QED) is 0.737. The van der Waals surface area contributed by atoms with E-state index in [0.29, 0.717) is 22.1 Å². The molecule has 0 radical (unpaired) electrons. The van der Waals surface area contributed by atoms with Crippen LogP contribution in [-0.4, -0.2) is 18.1 Å². The molecule has 0 bridgehead atoms. The molecular weight excluding hydrogens is 334 g/mol. The van der Waals surface area contributed by atoms with Gasteiger partial charge in [0.05, 0.1) is 24.4 Å². The van der Waals surface area contributed by atoms with Crippen LogP contribution in [0.3, 0.4) is 0 Å². The molecule has 0 unspecified atom stereocenters. The van der Waals surface area contributed by atoms with E-state index in [9.17, 15) is 4.79 Å². The molecule has 25 heavy (non-hydrogen) atoms. The first-order valence-electron chi connectivity index (χ1n) is 7.87. The van der Waals surface area contributed by atoms with Crippen molar-refractivity contribution in [3.05, 3.63) is 71.4 Å². The van der Waals surface area contributed by atoms with Crippen LogP contribution in [0.25, 0.3) is 0 Å². The summed E-state index contributed by atoms with van der Waals surface area (Å²) in [5.74, 6) is 0.399. The molecule has 1 amide bonds. The highest BCUT2D eigenvalue weighted by Gasteiger charge is 2.30. The molecule has 128 valence electrons. The van der Waals surface area contributed by atoms with Gasteiger partial charge in [0.1, 0.15) is 5.75 Å². The summed E-state index contributed by atoms with van der Waals surface area (Å²) in [6.45, 7) is 1.85. The number of rotatable bonds is 4. The molecule has 1 heterocycles. The van der Waals surface area contributed by atoms with Crippen LogP contribution >= 0.6 is 12.2 Å². The van der Waals surface area contributed by atoms with Crippen LogP contribution in [0, 0.1) is 0 Å². The average molecular weight is 353 g/mol. The van der Waals surface area contributed by atoms with Gasteiger partial charge in [-0.1, -0.05) is 42.5 Å². The second-order valence-corrected chi connectivity index (χ2v) is 6.04. The van der Waals surface area contributed by atoms with Crippen LogP contribution in [-0.2, 0) is 4.79 Å². The zero-order valence-corrected chi connectivity index (χ0v) is 14.8. The van der Waals surface area contributed by atoms with E-state index in [0.717, 1.165) is 11.3 Å². The van der Waals surface area contributed by atoms with Crippen molar-refractivity contribution in [1.82, 2.24) is 10.6 Å². The van der Waals surface area contributed by atoms with Crippen LogP contribution < -0.4 is 20.7 Å². The zero-order valence-electron chi connectivity index (χ0n) is 14.0. The smallest absolute Gasteiger partial charge is 0.255 e. The van der Waals surface area contributed by atoms with Crippen molar-refractivity contribution in [2.75, 3.05) is 12.4 Å². The number of amides is 1. The van der Waals surface area contributed by atoms with Gasteiger partial charge in [-0.3, -0.25) is 4.79 Å². The molecule has 0 aromatic heterocycles. The summed E-state index contributed by atoms with van der Waals surface area (Å²) in [5, 5.41) is 9.64. The van der Waals surface area contributed by atoms with Gasteiger partial charge in [0.15, 0.2) is 5.11 Å². The summed E-state index contributed by atoms with van der Waals surface area (Å²) in [6.07, 6.45) is 0. The van der Waals surface area contributed by atoms with Crippen molar-refractivity contribution in [2.24, 2.45) is 0 Å². The third kappa shape index (κ3) is 3.64. The second kappa shape index (κ2) is 7.36. The predicted molar refractivity (Wildman–Crippen MR) is 102 cm³/mol. The Morgan fingerprint density at radius 2 is 1.80 bits per heavy atom. The summed E-state index contributed by atoms with van der Waals surface area (Å²) in [5.41, 5.74) is 2.90. The van der Waals surface area contributed by atoms with Crippen LogP contribution in [0.4, 0.5) is 5.69 Å². The molecule has 1 atom stereocenters. The average Bonchev–Trinajstić information content (AvgIpc) is 2.62. The third-order valence-corrected chi connectivity index (χ3v) is 4.22. The minimum Gasteiger partial charge on any atom is -0.495 e. The van der Waals surface area contributed by atoms with Gasteiger partial charge in [0.25, 0.3) is 5.91 Å². The van der Waals surface area contributed by atoms with Crippen molar-refractivity contribution < 1.29 is 9.53 Å². The first-order valence-corrected chi connectivity index (χ1v) is 8.28. The van der Waals surface area contributed by atoms with E-state index in [-0.39, 0.29) is 11.9 Å². The Morgan fingerprint density at radius 3 is 2.52 bits per heavy atom. The van der Waals surface area contributed by atoms with Crippen LogP contribution in [0.2, 0.25) is 0 Å². The highest BCUT2D eigenvalue weighted by Crippen LogP contribution is 2.29. The lowest BCUT2D eigenvalue weighted by molar-refractivity contribution is -0.113. The Hall–Kier alpha value is -2.86. The molecule has 0 spiro atoms. The predicted octanol–water partition coefficient (Wildman–Crippen LogP) is 3.13. The number of carbonyl (C=O) groups excluding carboxylic acids is 1. The maximum atomic E-state index is 13.0. The largest absolute Gasteiger partial charge is 0.495 e. The molecule has 0 saturated carbocycles. The number of thiocarbonyl (C=S) groups is 1. The van der Waals surface area contributed by atoms with Gasteiger partial charge in [0.2, 0.25) is 0 Å². The summed E-state index contributed by atoms with van der Waals surface area (Å²) in [4.78, 5) is 13.0. The molecule has 0 fully saturated rings. The second-order valence-electron chi connectivity index (χ2n) is 5.64. The standard InChI is InChI=1S/C19H19N3O2S/c1-12-16(18(23)21-14-10-6-7-11-15(14)24-2)17(22-19(25)20-12)13-8-4-3-5-9-13/h3-11,17H,1-2H3,(H,21,23)(H2,20,22,25)/t17-/m0/s1. The van der Waals surface area contributed by atoms with Gasteiger partial charge in [-0.05, 0) is 36.8 Å². The molecule has 1 aliphatic heterocycles. The molecule has 1 aliphatic rings. The van der Waals surface area contributed by atoms with Gasteiger partial charge in [-0.2, -0.15) is 0 Å². The summed E-state index contributed by atoms with van der Waals surface area (Å²) < 4.78 is 5.31. The van der Waals surface area contributed by atoms with Crippen LogP contribution in [0.1, 0.15) is 18.5 Å². The monoisotopic (exact) mass is 353 g/mol. The molecular formula is C19H19N3O2S. The Balaban J connectivity index is 1.95. The number of hydrogen-bond donors (Lipinski definition) is 3. The van der Waals surface area contributed by atoms with E-state index in [2.05, 4.69) is 16.0 Å². The van der Waals surface area contributed by atoms with Crippen LogP contribution in [0.5, 0.6) is 5.75 Å². The van der Waals surface area contributed by atoms with E-state index < -0.39 is 0 Å². The van der Waals surface area contributed by atoms with E-state index in [4.69, 9.17) is 17.0 Å². The van der Waals surface area contributed by atoms with Crippen molar-refractivity contribution >= 4 is 28.9 Å². The van der Waals surface area contributed by atoms with E-state index in [1.807, 2.05) is 49.4 Å². The van der Waals surface area contributed by atoms with Gasteiger partial charge >= 0.3 is 0 Å².